The molecule has 2 aromatic rings. The maximum atomic E-state index is 12.5. The number of aryl methyl sites for hydroxylation is 1. The van der Waals surface area contributed by atoms with E-state index in [1.165, 1.54) is 5.56 Å². The molecule has 3 nitrogen and oxygen atoms in total. The van der Waals surface area contributed by atoms with Crippen molar-refractivity contribution in [2.75, 3.05) is 0 Å². The molecular weight excluding hydrogens is 370 g/mol. The Morgan fingerprint density at radius 2 is 1.67 bits per heavy atom. The first kappa shape index (κ1) is 21.7. The summed E-state index contributed by atoms with van der Waals surface area (Å²) in [7, 11) is -3.39. The number of nitrogens with zero attached hydrogens (tertiary/aromatic N) is 1. The van der Waals surface area contributed by atoms with Gasteiger partial charge in [0.15, 0.2) is 19.3 Å². The van der Waals surface area contributed by atoms with E-state index in [9.17, 15) is 4.21 Å². The van der Waals surface area contributed by atoms with Crippen molar-refractivity contribution in [2.45, 2.75) is 63.2 Å². The van der Waals surface area contributed by atoms with Gasteiger partial charge in [-0.1, -0.05) is 68.8 Å². The van der Waals surface area contributed by atoms with E-state index in [1.807, 2.05) is 49.4 Å². The molecule has 0 saturated heterocycles. The molecule has 0 bridgehead atoms. The van der Waals surface area contributed by atoms with Gasteiger partial charge >= 0.3 is 0 Å². The van der Waals surface area contributed by atoms with Gasteiger partial charge in [0, 0.05) is 12.6 Å². The van der Waals surface area contributed by atoms with Crippen LogP contribution in [0.5, 0.6) is 0 Å². The van der Waals surface area contributed by atoms with Crippen molar-refractivity contribution in [1.82, 2.24) is 0 Å². The Morgan fingerprint density at radius 1 is 1.07 bits per heavy atom. The van der Waals surface area contributed by atoms with Gasteiger partial charge in [0.05, 0.1) is 11.0 Å². The Kier molecular flexibility index (Phi) is 7.31. The SMILES string of the molecule is Cc1ccc([S@](=O)/N=C/[C@H](Cc2ccccc2)O[Si](C)(C)C(C)(C)C)cc1. The molecule has 0 spiro atoms. The summed E-state index contributed by atoms with van der Waals surface area (Å²) in [6.45, 7) is 13.1. The van der Waals surface area contributed by atoms with Crippen LogP contribution in [0.15, 0.2) is 63.9 Å². The lowest BCUT2D eigenvalue weighted by molar-refractivity contribution is 0.246. The lowest BCUT2D eigenvalue weighted by Crippen LogP contribution is -2.45. The van der Waals surface area contributed by atoms with E-state index in [0.29, 0.717) is 4.90 Å². The highest BCUT2D eigenvalue weighted by Crippen LogP contribution is 2.37. The third-order valence-corrected chi connectivity index (χ3v) is 10.6. The molecular formula is C22H31NO2SSi. The van der Waals surface area contributed by atoms with E-state index in [-0.39, 0.29) is 11.1 Å². The monoisotopic (exact) mass is 401 g/mol. The molecule has 5 heteroatoms. The molecule has 0 unspecified atom stereocenters. The van der Waals surface area contributed by atoms with Crippen LogP contribution in [0, 0.1) is 6.92 Å². The molecule has 0 radical (unpaired) electrons. The van der Waals surface area contributed by atoms with E-state index < -0.39 is 19.3 Å². The van der Waals surface area contributed by atoms with Gasteiger partial charge < -0.3 is 4.43 Å². The first-order valence-corrected chi connectivity index (χ1v) is 13.3. The Balaban J connectivity index is 2.20. The summed E-state index contributed by atoms with van der Waals surface area (Å²) >= 11 is 0. The van der Waals surface area contributed by atoms with Crippen LogP contribution < -0.4 is 0 Å². The Bertz CT molecular complexity index is 780. The second kappa shape index (κ2) is 9.09. The molecule has 2 aromatic carbocycles. The van der Waals surface area contributed by atoms with Gasteiger partial charge in [-0.2, -0.15) is 4.40 Å². The third-order valence-electron chi connectivity index (χ3n) is 5.08. The zero-order chi connectivity index (χ0) is 20.1. The highest BCUT2D eigenvalue weighted by molar-refractivity contribution is 7.83. The fourth-order valence-corrected chi connectivity index (χ4v) is 4.36. The van der Waals surface area contributed by atoms with Crippen LogP contribution in [0.4, 0.5) is 0 Å². The molecule has 0 fully saturated rings. The van der Waals surface area contributed by atoms with E-state index >= 15 is 0 Å². The lowest BCUT2D eigenvalue weighted by atomic mass is 10.1. The average molecular weight is 402 g/mol. The van der Waals surface area contributed by atoms with E-state index in [4.69, 9.17) is 4.43 Å². The standard InChI is InChI=1S/C22H31NO2SSi/c1-18-12-14-21(15-13-18)26(24)23-17-20(16-19-10-8-7-9-11-19)25-27(5,6)22(2,3)4/h7-15,17,20H,16H2,1-6H3/b23-17+/t20-,26-/m0/s1. The van der Waals surface area contributed by atoms with Crippen LogP contribution in [0.1, 0.15) is 31.9 Å². The van der Waals surface area contributed by atoms with Crippen LogP contribution >= 0.6 is 0 Å². The Labute approximate surface area is 167 Å². The molecule has 0 aliphatic rings. The van der Waals surface area contributed by atoms with Crippen LogP contribution in [0.3, 0.4) is 0 Å². The lowest BCUT2D eigenvalue weighted by Gasteiger charge is -2.38. The highest BCUT2D eigenvalue weighted by Gasteiger charge is 2.38. The molecule has 0 aliphatic carbocycles. The topological polar surface area (TPSA) is 38.7 Å². The first-order valence-electron chi connectivity index (χ1n) is 9.33. The maximum Gasteiger partial charge on any atom is 0.192 e. The largest absolute Gasteiger partial charge is 0.409 e. The quantitative estimate of drug-likeness (QED) is 0.439. The average Bonchev–Trinajstić information content (AvgIpc) is 2.59. The van der Waals surface area contributed by atoms with Crippen molar-refractivity contribution in [3.8, 4) is 0 Å². The summed E-state index contributed by atoms with van der Waals surface area (Å²) in [6, 6.07) is 17.9. The zero-order valence-corrected chi connectivity index (χ0v) is 19.0. The molecule has 0 amide bonds. The molecule has 0 N–H and O–H groups in total. The molecule has 0 aromatic heterocycles. The highest BCUT2D eigenvalue weighted by atomic mass is 32.2. The van der Waals surface area contributed by atoms with Crippen molar-refractivity contribution in [2.24, 2.45) is 4.40 Å². The van der Waals surface area contributed by atoms with E-state index in [2.05, 4.69) is 50.4 Å². The number of rotatable bonds is 7. The van der Waals surface area contributed by atoms with E-state index in [1.54, 1.807) is 6.21 Å². The fraction of sp³-hybridized carbons (Fsp3) is 0.409. The fourth-order valence-electron chi connectivity index (χ4n) is 2.37. The Morgan fingerprint density at radius 3 is 2.22 bits per heavy atom. The number of benzene rings is 2. The van der Waals surface area contributed by atoms with Crippen LogP contribution in [0.25, 0.3) is 0 Å². The van der Waals surface area contributed by atoms with Gasteiger partial charge in [-0.25, -0.2) is 4.21 Å². The maximum absolute atomic E-state index is 12.5. The summed E-state index contributed by atoms with van der Waals surface area (Å²) in [5, 5.41) is 0.103. The smallest absolute Gasteiger partial charge is 0.192 e. The Hall–Kier alpha value is -1.56. The van der Waals surface area contributed by atoms with Gasteiger partial charge in [-0.05, 0) is 42.8 Å². The van der Waals surface area contributed by atoms with Gasteiger partial charge in [0.1, 0.15) is 0 Å². The second-order valence-corrected chi connectivity index (χ2v) is 14.4. The number of hydrogen-bond acceptors (Lipinski definition) is 2. The predicted octanol–water partition coefficient (Wildman–Crippen LogP) is 5.72. The van der Waals surface area contributed by atoms with Gasteiger partial charge in [-0.15, -0.1) is 0 Å². The summed E-state index contributed by atoms with van der Waals surface area (Å²) in [5.41, 5.74) is 2.33. The first-order chi connectivity index (χ1) is 12.6. The number of hydrogen-bond donors (Lipinski definition) is 0. The summed E-state index contributed by atoms with van der Waals surface area (Å²) < 4.78 is 23.4. The second-order valence-electron chi connectivity index (χ2n) is 8.42. The van der Waals surface area contributed by atoms with Crippen molar-refractivity contribution in [3.05, 3.63) is 65.7 Å². The van der Waals surface area contributed by atoms with Gasteiger partial charge in [-0.3, -0.25) is 0 Å². The molecule has 146 valence electrons. The minimum absolute atomic E-state index is 0.103. The summed E-state index contributed by atoms with van der Waals surface area (Å²) in [4.78, 5) is 0.711. The van der Waals surface area contributed by atoms with Gasteiger partial charge in [0.25, 0.3) is 0 Å². The van der Waals surface area contributed by atoms with Gasteiger partial charge in [0.2, 0.25) is 0 Å². The predicted molar refractivity (Wildman–Crippen MR) is 118 cm³/mol. The molecule has 2 rings (SSSR count). The van der Waals surface area contributed by atoms with Crippen molar-refractivity contribution in [1.29, 1.82) is 0 Å². The van der Waals surface area contributed by atoms with Crippen LogP contribution in [0.2, 0.25) is 18.1 Å². The molecule has 27 heavy (non-hydrogen) atoms. The van der Waals surface area contributed by atoms with Crippen molar-refractivity contribution >= 4 is 25.5 Å². The summed E-state index contributed by atoms with van der Waals surface area (Å²) in [6.07, 6.45) is 2.27. The zero-order valence-electron chi connectivity index (χ0n) is 17.2. The third kappa shape index (κ3) is 6.52. The van der Waals surface area contributed by atoms with Crippen molar-refractivity contribution in [3.63, 3.8) is 0 Å². The molecule has 0 aliphatic heterocycles. The molecule has 0 heterocycles. The molecule has 0 saturated carbocycles. The van der Waals surface area contributed by atoms with Crippen LogP contribution in [-0.4, -0.2) is 24.8 Å². The van der Waals surface area contributed by atoms with Crippen molar-refractivity contribution < 1.29 is 8.63 Å². The molecule has 2 atom stereocenters. The summed E-state index contributed by atoms with van der Waals surface area (Å²) in [5.74, 6) is 0. The van der Waals surface area contributed by atoms with Crippen LogP contribution in [-0.2, 0) is 21.8 Å². The minimum Gasteiger partial charge on any atom is -0.409 e. The normalized spacial score (nSPS) is 15.0. The minimum atomic E-state index is -1.97. The van der Waals surface area contributed by atoms with E-state index in [0.717, 1.165) is 12.0 Å².